The van der Waals surface area contributed by atoms with Gasteiger partial charge in [0, 0.05) is 25.0 Å². The van der Waals surface area contributed by atoms with E-state index in [1.54, 1.807) is 48.5 Å². The van der Waals surface area contributed by atoms with E-state index in [9.17, 15) is 14.9 Å². The molecule has 0 aliphatic heterocycles. The first-order chi connectivity index (χ1) is 12.0. The highest BCUT2D eigenvalue weighted by atomic mass is 35.5. The van der Waals surface area contributed by atoms with Crippen LogP contribution in [-0.4, -0.2) is 24.9 Å². The first-order valence-corrected chi connectivity index (χ1v) is 8.17. The Hall–Kier alpha value is -2.84. The number of anilines is 1. The van der Waals surface area contributed by atoms with E-state index in [0.29, 0.717) is 29.4 Å². The van der Waals surface area contributed by atoms with Gasteiger partial charge < -0.3 is 10.2 Å². The van der Waals surface area contributed by atoms with Gasteiger partial charge in [-0.3, -0.25) is 9.59 Å². The smallest absolute Gasteiger partial charge is 0.224 e. The number of benzene rings is 2. The molecule has 0 fully saturated rings. The number of nitrogens with zero attached hydrogens (tertiary/aromatic N) is 2. The SMILES string of the molecule is CC(=O)N(CCNC(=O)Cc1ccc(Cl)cc1)c1ccccc1C#N. The van der Waals surface area contributed by atoms with Crippen LogP contribution in [0.1, 0.15) is 18.1 Å². The van der Waals surface area contributed by atoms with E-state index in [0.717, 1.165) is 5.56 Å². The van der Waals surface area contributed by atoms with Crippen molar-refractivity contribution in [2.75, 3.05) is 18.0 Å². The lowest BCUT2D eigenvalue weighted by Crippen LogP contribution is -2.38. The second-order valence-corrected chi connectivity index (χ2v) is 5.89. The van der Waals surface area contributed by atoms with E-state index in [4.69, 9.17) is 11.6 Å². The molecule has 2 rings (SSSR count). The molecule has 128 valence electrons. The van der Waals surface area contributed by atoms with Gasteiger partial charge in [-0.2, -0.15) is 5.26 Å². The van der Waals surface area contributed by atoms with Crippen molar-refractivity contribution in [3.05, 3.63) is 64.7 Å². The fourth-order valence-electron chi connectivity index (χ4n) is 2.41. The van der Waals surface area contributed by atoms with Crippen molar-refractivity contribution in [3.8, 4) is 6.07 Å². The number of carbonyl (C=O) groups is 2. The van der Waals surface area contributed by atoms with Gasteiger partial charge in [-0.25, -0.2) is 0 Å². The first kappa shape index (κ1) is 18.5. The molecule has 0 heterocycles. The fraction of sp³-hybridized carbons (Fsp3) is 0.211. The van der Waals surface area contributed by atoms with Gasteiger partial charge in [-0.1, -0.05) is 35.9 Å². The van der Waals surface area contributed by atoms with Gasteiger partial charge in [-0.05, 0) is 29.8 Å². The fourth-order valence-corrected chi connectivity index (χ4v) is 2.53. The zero-order valence-corrected chi connectivity index (χ0v) is 14.6. The van der Waals surface area contributed by atoms with Crippen LogP contribution in [0.3, 0.4) is 0 Å². The van der Waals surface area contributed by atoms with E-state index in [2.05, 4.69) is 11.4 Å². The van der Waals surface area contributed by atoms with Crippen LogP contribution in [0, 0.1) is 11.3 Å². The molecule has 0 bridgehead atoms. The molecular weight excluding hydrogens is 338 g/mol. The third-order valence-electron chi connectivity index (χ3n) is 3.63. The monoisotopic (exact) mass is 355 g/mol. The number of hydrogen-bond acceptors (Lipinski definition) is 3. The summed E-state index contributed by atoms with van der Waals surface area (Å²) in [5.41, 5.74) is 1.83. The maximum atomic E-state index is 12.0. The minimum absolute atomic E-state index is 0.139. The molecule has 1 N–H and O–H groups in total. The summed E-state index contributed by atoms with van der Waals surface area (Å²) < 4.78 is 0. The second-order valence-electron chi connectivity index (χ2n) is 5.45. The van der Waals surface area contributed by atoms with Crippen LogP contribution >= 0.6 is 11.6 Å². The Bertz CT molecular complexity index is 797. The Morgan fingerprint density at radius 2 is 1.84 bits per heavy atom. The molecular formula is C19H18ClN3O2. The average Bonchev–Trinajstić information content (AvgIpc) is 2.60. The molecule has 0 radical (unpaired) electrons. The van der Waals surface area contributed by atoms with Gasteiger partial charge >= 0.3 is 0 Å². The Labute approximate surface area is 151 Å². The summed E-state index contributed by atoms with van der Waals surface area (Å²) >= 11 is 5.82. The molecule has 2 aromatic rings. The molecule has 25 heavy (non-hydrogen) atoms. The van der Waals surface area contributed by atoms with Crippen molar-refractivity contribution in [2.45, 2.75) is 13.3 Å². The standard InChI is InChI=1S/C19H18ClN3O2/c1-14(24)23(18-5-3-2-4-16(18)13-21)11-10-22-19(25)12-15-6-8-17(20)9-7-15/h2-9H,10-12H2,1H3,(H,22,25). The molecule has 5 nitrogen and oxygen atoms in total. The zero-order chi connectivity index (χ0) is 18.2. The van der Waals surface area contributed by atoms with Crippen LogP contribution < -0.4 is 10.2 Å². The normalized spacial score (nSPS) is 9.96. The number of nitriles is 1. The van der Waals surface area contributed by atoms with Gasteiger partial charge in [0.1, 0.15) is 6.07 Å². The number of hydrogen-bond donors (Lipinski definition) is 1. The van der Waals surface area contributed by atoms with Crippen LogP contribution in [0.15, 0.2) is 48.5 Å². The number of para-hydroxylation sites is 1. The molecule has 0 unspecified atom stereocenters. The molecule has 0 saturated heterocycles. The molecule has 0 atom stereocenters. The van der Waals surface area contributed by atoms with Crippen LogP contribution in [0.5, 0.6) is 0 Å². The van der Waals surface area contributed by atoms with Crippen LogP contribution in [0.25, 0.3) is 0 Å². The Balaban J connectivity index is 1.93. The third kappa shape index (κ3) is 5.33. The third-order valence-corrected chi connectivity index (χ3v) is 3.88. The molecule has 0 spiro atoms. The maximum absolute atomic E-state index is 12.0. The molecule has 0 aromatic heterocycles. The molecule has 0 saturated carbocycles. The molecule has 0 aliphatic rings. The van der Waals surface area contributed by atoms with Crippen molar-refractivity contribution >= 4 is 29.1 Å². The van der Waals surface area contributed by atoms with Gasteiger partial charge in [0.2, 0.25) is 11.8 Å². The summed E-state index contributed by atoms with van der Waals surface area (Å²) in [6, 6.07) is 16.0. The highest BCUT2D eigenvalue weighted by Crippen LogP contribution is 2.19. The topological polar surface area (TPSA) is 73.2 Å². The lowest BCUT2D eigenvalue weighted by molar-refractivity contribution is -0.121. The van der Waals surface area contributed by atoms with Gasteiger partial charge in [-0.15, -0.1) is 0 Å². The zero-order valence-electron chi connectivity index (χ0n) is 13.8. The quantitative estimate of drug-likeness (QED) is 0.865. The van der Waals surface area contributed by atoms with E-state index in [-0.39, 0.29) is 18.2 Å². The number of nitrogens with one attached hydrogen (secondary N) is 1. The Morgan fingerprint density at radius 3 is 2.48 bits per heavy atom. The maximum Gasteiger partial charge on any atom is 0.224 e. The van der Waals surface area contributed by atoms with Crippen LogP contribution in [-0.2, 0) is 16.0 Å². The van der Waals surface area contributed by atoms with E-state index >= 15 is 0 Å². The average molecular weight is 356 g/mol. The van der Waals surface area contributed by atoms with Crippen molar-refractivity contribution < 1.29 is 9.59 Å². The summed E-state index contributed by atoms with van der Waals surface area (Å²) in [7, 11) is 0. The largest absolute Gasteiger partial charge is 0.354 e. The van der Waals surface area contributed by atoms with Crippen molar-refractivity contribution in [2.24, 2.45) is 0 Å². The van der Waals surface area contributed by atoms with Crippen molar-refractivity contribution in [1.82, 2.24) is 5.32 Å². The van der Waals surface area contributed by atoms with Crippen LogP contribution in [0.2, 0.25) is 5.02 Å². The number of amides is 2. The lowest BCUT2D eigenvalue weighted by Gasteiger charge is -2.22. The first-order valence-electron chi connectivity index (χ1n) is 7.79. The summed E-state index contributed by atoms with van der Waals surface area (Å²) in [6.07, 6.45) is 0.242. The minimum atomic E-state index is -0.186. The van der Waals surface area contributed by atoms with Gasteiger partial charge in [0.25, 0.3) is 0 Å². The van der Waals surface area contributed by atoms with Gasteiger partial charge in [0.05, 0.1) is 17.7 Å². The summed E-state index contributed by atoms with van der Waals surface area (Å²) in [6.45, 7) is 2.02. The second kappa shape index (κ2) is 8.86. The minimum Gasteiger partial charge on any atom is -0.354 e. The number of halogens is 1. The Kier molecular flexibility index (Phi) is 6.55. The predicted octanol–water partition coefficient (Wildman–Crippen LogP) is 2.92. The summed E-state index contributed by atoms with van der Waals surface area (Å²) in [5.74, 6) is -0.325. The van der Waals surface area contributed by atoms with E-state index in [1.807, 2.05) is 0 Å². The highest BCUT2D eigenvalue weighted by Gasteiger charge is 2.15. The van der Waals surface area contributed by atoms with Crippen molar-refractivity contribution in [3.63, 3.8) is 0 Å². The lowest BCUT2D eigenvalue weighted by atomic mass is 10.1. The molecule has 2 aromatic carbocycles. The highest BCUT2D eigenvalue weighted by molar-refractivity contribution is 6.30. The van der Waals surface area contributed by atoms with Crippen LogP contribution in [0.4, 0.5) is 5.69 Å². The molecule has 0 aliphatic carbocycles. The summed E-state index contributed by atoms with van der Waals surface area (Å²) in [5, 5.41) is 12.6. The van der Waals surface area contributed by atoms with E-state index in [1.165, 1.54) is 11.8 Å². The number of carbonyl (C=O) groups excluding carboxylic acids is 2. The molecule has 6 heteroatoms. The van der Waals surface area contributed by atoms with Gasteiger partial charge in [0.15, 0.2) is 0 Å². The predicted molar refractivity (Wildman–Crippen MR) is 97.3 cm³/mol. The Morgan fingerprint density at radius 1 is 1.16 bits per heavy atom. The van der Waals surface area contributed by atoms with Crippen molar-refractivity contribution in [1.29, 1.82) is 5.26 Å². The summed E-state index contributed by atoms with van der Waals surface area (Å²) in [4.78, 5) is 25.4. The molecule has 2 amide bonds. The number of rotatable bonds is 6. The van der Waals surface area contributed by atoms with E-state index < -0.39 is 0 Å².